The van der Waals surface area contributed by atoms with E-state index in [9.17, 15) is 0 Å². The highest BCUT2D eigenvalue weighted by atomic mass is 127. The third-order valence-electron chi connectivity index (χ3n) is 4.83. The zero-order chi connectivity index (χ0) is 17.7. The number of hydrogen-bond donors (Lipinski definition) is 1. The van der Waals surface area contributed by atoms with Crippen LogP contribution in [-0.2, 0) is 6.54 Å². The third-order valence-corrected chi connectivity index (χ3v) is 5.65. The molecule has 0 bridgehead atoms. The number of piperidine rings is 1. The minimum atomic E-state index is 0. The van der Waals surface area contributed by atoms with Crippen LogP contribution in [0.15, 0.2) is 10.4 Å². The van der Waals surface area contributed by atoms with Gasteiger partial charge in [0, 0.05) is 38.1 Å². The summed E-state index contributed by atoms with van der Waals surface area (Å²) < 4.78 is 0. The molecule has 144 valence electrons. The van der Waals surface area contributed by atoms with Crippen molar-refractivity contribution in [3.63, 3.8) is 0 Å². The summed E-state index contributed by atoms with van der Waals surface area (Å²) in [7, 11) is 3.92. The second kappa shape index (κ2) is 10.1. The molecular formula is C18H34IN5S. The fourth-order valence-electron chi connectivity index (χ4n) is 3.33. The van der Waals surface area contributed by atoms with Gasteiger partial charge in [-0.2, -0.15) is 0 Å². The number of likely N-dealkylation sites (tertiary alicyclic amines) is 1. The Kier molecular flexibility index (Phi) is 9.11. The van der Waals surface area contributed by atoms with Crippen molar-refractivity contribution >= 4 is 41.3 Å². The van der Waals surface area contributed by atoms with Gasteiger partial charge >= 0.3 is 0 Å². The zero-order valence-electron chi connectivity index (χ0n) is 16.5. The summed E-state index contributed by atoms with van der Waals surface area (Å²) >= 11 is 1.70. The van der Waals surface area contributed by atoms with Gasteiger partial charge in [0.15, 0.2) is 5.96 Å². The van der Waals surface area contributed by atoms with E-state index in [1.54, 1.807) is 11.3 Å². The highest BCUT2D eigenvalue weighted by Crippen LogP contribution is 2.23. The van der Waals surface area contributed by atoms with Crippen molar-refractivity contribution in [2.24, 2.45) is 10.9 Å². The second-order valence-corrected chi connectivity index (χ2v) is 8.68. The Morgan fingerprint density at radius 1 is 1.52 bits per heavy atom. The Balaban J connectivity index is 0.00000312. The molecule has 2 rings (SSSR count). The Bertz CT molecular complexity index is 557. The van der Waals surface area contributed by atoms with Crippen LogP contribution in [0.3, 0.4) is 0 Å². The van der Waals surface area contributed by atoms with Gasteiger partial charge in [0.05, 0.1) is 17.2 Å². The maximum absolute atomic E-state index is 4.54. The minimum absolute atomic E-state index is 0. The normalized spacial score (nSPS) is 19.4. The minimum Gasteiger partial charge on any atom is -0.354 e. The molecule has 1 N–H and O–H groups in total. The quantitative estimate of drug-likeness (QED) is 0.398. The smallest absolute Gasteiger partial charge is 0.193 e. The fraction of sp³-hybridized carbons (Fsp3) is 0.778. The van der Waals surface area contributed by atoms with E-state index in [4.69, 9.17) is 0 Å². The molecule has 0 amide bonds. The van der Waals surface area contributed by atoms with Crippen molar-refractivity contribution in [2.45, 2.75) is 52.6 Å². The maximum atomic E-state index is 4.54. The number of aromatic nitrogens is 1. The summed E-state index contributed by atoms with van der Waals surface area (Å²) in [6, 6.07) is 0. The number of aliphatic imine (C=N–C) groups is 1. The van der Waals surface area contributed by atoms with Crippen LogP contribution in [0.25, 0.3) is 0 Å². The molecule has 0 aromatic carbocycles. The van der Waals surface area contributed by atoms with Crippen LogP contribution in [0.4, 0.5) is 0 Å². The van der Waals surface area contributed by atoms with Gasteiger partial charge in [-0.3, -0.25) is 9.89 Å². The number of halogens is 1. The topological polar surface area (TPSA) is 43.8 Å². The number of nitrogens with zero attached hydrogens (tertiary/aromatic N) is 4. The number of rotatable bonds is 5. The zero-order valence-corrected chi connectivity index (χ0v) is 19.6. The number of aryl methyl sites for hydroxylation is 1. The predicted molar refractivity (Wildman–Crippen MR) is 119 cm³/mol. The molecule has 1 aliphatic rings. The molecule has 2 heterocycles. The van der Waals surface area contributed by atoms with E-state index < -0.39 is 0 Å². The lowest BCUT2D eigenvalue weighted by atomic mass is 9.93. The molecular weight excluding hydrogens is 445 g/mol. The van der Waals surface area contributed by atoms with Gasteiger partial charge < -0.3 is 10.2 Å². The van der Waals surface area contributed by atoms with Gasteiger partial charge in [-0.15, -0.1) is 35.3 Å². The summed E-state index contributed by atoms with van der Waals surface area (Å²) in [6.45, 7) is 13.1. The monoisotopic (exact) mass is 479 g/mol. The SMILES string of the molecule is CN=C(NCC(C)(C)N1CCCC(C)C1)N(C)Cc1csc(C)n1.I. The van der Waals surface area contributed by atoms with Crippen LogP contribution < -0.4 is 5.32 Å². The van der Waals surface area contributed by atoms with Crippen LogP contribution in [0, 0.1) is 12.8 Å². The molecule has 0 spiro atoms. The lowest BCUT2D eigenvalue weighted by molar-refractivity contribution is 0.0735. The summed E-state index contributed by atoms with van der Waals surface area (Å²) in [5, 5.41) is 6.79. The first-order chi connectivity index (χ1) is 11.3. The number of hydrogen-bond acceptors (Lipinski definition) is 4. The highest BCUT2D eigenvalue weighted by Gasteiger charge is 2.30. The molecule has 1 atom stereocenters. The molecule has 1 aliphatic heterocycles. The number of guanidine groups is 1. The first-order valence-electron chi connectivity index (χ1n) is 8.89. The Hall–Kier alpha value is -0.410. The van der Waals surface area contributed by atoms with E-state index >= 15 is 0 Å². The molecule has 25 heavy (non-hydrogen) atoms. The van der Waals surface area contributed by atoms with Crippen LogP contribution in [0.1, 0.15) is 44.3 Å². The maximum Gasteiger partial charge on any atom is 0.193 e. The molecule has 1 saturated heterocycles. The Morgan fingerprint density at radius 3 is 2.80 bits per heavy atom. The number of thiazole rings is 1. The molecule has 5 nitrogen and oxygen atoms in total. The van der Waals surface area contributed by atoms with Crippen LogP contribution in [0.5, 0.6) is 0 Å². The molecule has 1 unspecified atom stereocenters. The lowest BCUT2D eigenvalue weighted by Gasteiger charge is -2.43. The van der Waals surface area contributed by atoms with E-state index in [0.717, 1.165) is 35.7 Å². The lowest BCUT2D eigenvalue weighted by Crippen LogP contribution is -2.56. The van der Waals surface area contributed by atoms with Crippen molar-refractivity contribution in [3.05, 3.63) is 16.1 Å². The second-order valence-electron chi connectivity index (χ2n) is 7.62. The van der Waals surface area contributed by atoms with Crippen molar-refractivity contribution in [1.29, 1.82) is 0 Å². The van der Waals surface area contributed by atoms with E-state index in [-0.39, 0.29) is 29.5 Å². The molecule has 0 aliphatic carbocycles. The van der Waals surface area contributed by atoms with Gasteiger partial charge in [0.2, 0.25) is 0 Å². The van der Waals surface area contributed by atoms with E-state index in [2.05, 4.69) is 58.3 Å². The summed E-state index contributed by atoms with van der Waals surface area (Å²) in [4.78, 5) is 13.7. The average molecular weight is 479 g/mol. The van der Waals surface area contributed by atoms with E-state index in [1.807, 2.05) is 14.0 Å². The van der Waals surface area contributed by atoms with Crippen molar-refractivity contribution in [2.75, 3.05) is 33.7 Å². The average Bonchev–Trinajstić information content (AvgIpc) is 2.93. The van der Waals surface area contributed by atoms with Gasteiger partial charge in [0.1, 0.15) is 0 Å². The molecule has 7 heteroatoms. The molecule has 1 aromatic rings. The Labute approximate surface area is 174 Å². The highest BCUT2D eigenvalue weighted by molar-refractivity contribution is 14.0. The summed E-state index contributed by atoms with van der Waals surface area (Å²) in [6.07, 6.45) is 2.67. The van der Waals surface area contributed by atoms with Gasteiger partial charge in [-0.25, -0.2) is 4.98 Å². The van der Waals surface area contributed by atoms with Crippen molar-refractivity contribution in [3.8, 4) is 0 Å². The first-order valence-corrected chi connectivity index (χ1v) is 9.77. The Morgan fingerprint density at radius 2 is 2.24 bits per heavy atom. The van der Waals surface area contributed by atoms with E-state index in [1.165, 1.54) is 25.9 Å². The summed E-state index contributed by atoms with van der Waals surface area (Å²) in [5.74, 6) is 1.73. The largest absolute Gasteiger partial charge is 0.354 e. The molecule has 0 radical (unpaired) electrons. The standard InChI is InChI=1S/C18H33N5S.HI/c1-14-8-7-9-23(10-14)18(3,4)13-20-17(19-5)22(6)11-16-12-24-15(2)21-16;/h12,14H,7-11,13H2,1-6H3,(H,19,20);1H. The molecule has 0 saturated carbocycles. The fourth-order valence-corrected chi connectivity index (χ4v) is 3.93. The van der Waals surface area contributed by atoms with Crippen molar-refractivity contribution < 1.29 is 0 Å². The number of nitrogens with one attached hydrogen (secondary N) is 1. The van der Waals surface area contributed by atoms with Gasteiger partial charge in [-0.05, 0) is 46.1 Å². The summed E-state index contributed by atoms with van der Waals surface area (Å²) in [5.41, 5.74) is 1.23. The van der Waals surface area contributed by atoms with Gasteiger partial charge in [-0.1, -0.05) is 6.92 Å². The molecule has 1 fully saturated rings. The van der Waals surface area contributed by atoms with Crippen LogP contribution in [0.2, 0.25) is 0 Å². The van der Waals surface area contributed by atoms with Crippen LogP contribution >= 0.6 is 35.3 Å². The molecule has 1 aromatic heterocycles. The predicted octanol–water partition coefficient (Wildman–Crippen LogP) is 3.59. The third kappa shape index (κ3) is 6.67. The van der Waals surface area contributed by atoms with Crippen LogP contribution in [-0.4, -0.2) is 60.0 Å². The first kappa shape index (κ1) is 22.6. The van der Waals surface area contributed by atoms with Crippen molar-refractivity contribution in [1.82, 2.24) is 20.1 Å². The van der Waals surface area contributed by atoms with Gasteiger partial charge in [0.25, 0.3) is 0 Å². The van der Waals surface area contributed by atoms with E-state index in [0.29, 0.717) is 0 Å².